The van der Waals surface area contributed by atoms with Crippen molar-refractivity contribution in [3.63, 3.8) is 0 Å². The Kier molecular flexibility index (Phi) is 3.61. The van der Waals surface area contributed by atoms with Gasteiger partial charge in [-0.25, -0.2) is 4.79 Å². The Morgan fingerprint density at radius 2 is 2.14 bits per heavy atom. The first-order valence-corrected chi connectivity index (χ1v) is 4.61. The minimum atomic E-state index is -1.05. The second-order valence-corrected chi connectivity index (χ2v) is 3.52. The number of halogens is 2. The van der Waals surface area contributed by atoms with Crippen LogP contribution in [0, 0.1) is 0 Å². The smallest absolute Gasteiger partial charge is 0.344 e. The first kappa shape index (κ1) is 11.1. The lowest BCUT2D eigenvalue weighted by atomic mass is 10.3. The summed E-state index contributed by atoms with van der Waals surface area (Å²) in [5.41, 5.74) is 0. The van der Waals surface area contributed by atoms with Gasteiger partial charge in [-0.1, -0.05) is 23.2 Å². The van der Waals surface area contributed by atoms with E-state index >= 15 is 0 Å². The molecule has 0 saturated heterocycles. The predicted molar refractivity (Wildman–Crippen MR) is 54.2 cm³/mol. The van der Waals surface area contributed by atoms with Crippen LogP contribution in [-0.2, 0) is 4.79 Å². The monoisotopic (exact) mass is 234 g/mol. The van der Waals surface area contributed by atoms with Crippen molar-refractivity contribution < 1.29 is 14.6 Å². The van der Waals surface area contributed by atoms with Crippen LogP contribution in [-0.4, -0.2) is 17.2 Å². The number of carboxylic acids is 1. The number of rotatable bonds is 3. The summed E-state index contributed by atoms with van der Waals surface area (Å²) in [4.78, 5) is 10.5. The molecule has 1 aromatic rings. The molecule has 0 spiro atoms. The predicted octanol–water partition coefficient (Wildman–Crippen LogP) is 2.85. The van der Waals surface area contributed by atoms with Crippen molar-refractivity contribution in [3.05, 3.63) is 28.2 Å². The lowest BCUT2D eigenvalue weighted by molar-refractivity contribution is -0.144. The van der Waals surface area contributed by atoms with Gasteiger partial charge < -0.3 is 9.84 Å². The third kappa shape index (κ3) is 2.79. The molecule has 0 heterocycles. The molecule has 5 heteroatoms. The molecular weight excluding hydrogens is 227 g/mol. The molecule has 0 saturated carbocycles. The van der Waals surface area contributed by atoms with E-state index in [4.69, 9.17) is 33.0 Å². The molecule has 0 bridgehead atoms. The molecule has 0 aromatic heterocycles. The summed E-state index contributed by atoms with van der Waals surface area (Å²) in [6.07, 6.45) is -0.936. The number of aliphatic carboxylic acids is 1. The van der Waals surface area contributed by atoms with Crippen molar-refractivity contribution in [2.45, 2.75) is 13.0 Å². The molecule has 76 valence electrons. The SMILES string of the molecule is C[C@H](Oc1ccc(Cl)cc1Cl)C(=O)O. The zero-order valence-electron chi connectivity index (χ0n) is 7.33. The zero-order valence-corrected chi connectivity index (χ0v) is 8.84. The van der Waals surface area contributed by atoms with Gasteiger partial charge in [0.2, 0.25) is 0 Å². The van der Waals surface area contributed by atoms with Gasteiger partial charge in [0.1, 0.15) is 5.75 Å². The Balaban J connectivity index is 2.82. The molecule has 1 rings (SSSR count). The Hall–Kier alpha value is -0.930. The number of benzene rings is 1. The summed E-state index contributed by atoms with van der Waals surface area (Å²) in [7, 11) is 0. The molecule has 0 aliphatic carbocycles. The highest BCUT2D eigenvalue weighted by Gasteiger charge is 2.14. The first-order chi connectivity index (χ1) is 6.50. The second-order valence-electron chi connectivity index (χ2n) is 2.67. The van der Waals surface area contributed by atoms with Crippen molar-refractivity contribution in [2.75, 3.05) is 0 Å². The summed E-state index contributed by atoms with van der Waals surface area (Å²) < 4.78 is 5.07. The maximum Gasteiger partial charge on any atom is 0.344 e. The van der Waals surface area contributed by atoms with E-state index in [0.717, 1.165) is 0 Å². The molecule has 1 aromatic carbocycles. The van der Waals surface area contributed by atoms with E-state index < -0.39 is 12.1 Å². The van der Waals surface area contributed by atoms with Crippen LogP contribution in [0.5, 0.6) is 5.75 Å². The highest BCUT2D eigenvalue weighted by molar-refractivity contribution is 6.35. The van der Waals surface area contributed by atoms with Gasteiger partial charge in [0.25, 0.3) is 0 Å². The fraction of sp³-hybridized carbons (Fsp3) is 0.222. The summed E-state index contributed by atoms with van der Waals surface area (Å²) in [6.45, 7) is 1.42. The standard InChI is InChI=1S/C9H8Cl2O3/c1-5(9(12)13)14-8-3-2-6(10)4-7(8)11/h2-5H,1H3,(H,12,13)/t5-/m0/s1. The molecule has 3 nitrogen and oxygen atoms in total. The number of carboxylic acid groups (broad SMARTS) is 1. The second kappa shape index (κ2) is 4.53. The van der Waals surface area contributed by atoms with E-state index in [1.165, 1.54) is 19.1 Å². The van der Waals surface area contributed by atoms with E-state index in [2.05, 4.69) is 0 Å². The van der Waals surface area contributed by atoms with Gasteiger partial charge in [-0.3, -0.25) is 0 Å². The Bertz CT molecular complexity index is 352. The van der Waals surface area contributed by atoms with E-state index in [9.17, 15) is 4.79 Å². The van der Waals surface area contributed by atoms with Gasteiger partial charge in [0.15, 0.2) is 6.10 Å². The molecule has 0 amide bonds. The van der Waals surface area contributed by atoms with Gasteiger partial charge in [-0.15, -0.1) is 0 Å². The van der Waals surface area contributed by atoms with E-state index in [-0.39, 0.29) is 0 Å². The van der Waals surface area contributed by atoms with Gasteiger partial charge in [0, 0.05) is 5.02 Å². The largest absolute Gasteiger partial charge is 0.479 e. The van der Waals surface area contributed by atoms with Crippen LogP contribution < -0.4 is 4.74 Å². The number of hydrogen-bond acceptors (Lipinski definition) is 2. The average molecular weight is 235 g/mol. The van der Waals surface area contributed by atoms with E-state index in [0.29, 0.717) is 15.8 Å². The molecular formula is C9H8Cl2O3. The maximum atomic E-state index is 10.5. The average Bonchev–Trinajstić information content (AvgIpc) is 2.09. The molecule has 0 unspecified atom stereocenters. The molecule has 1 atom stereocenters. The number of hydrogen-bond donors (Lipinski definition) is 1. The van der Waals surface area contributed by atoms with Crippen LogP contribution in [0.2, 0.25) is 10.0 Å². The Morgan fingerprint density at radius 1 is 1.50 bits per heavy atom. The van der Waals surface area contributed by atoms with Gasteiger partial charge >= 0.3 is 5.97 Å². The van der Waals surface area contributed by atoms with Crippen LogP contribution >= 0.6 is 23.2 Å². The van der Waals surface area contributed by atoms with Crippen LogP contribution in [0.4, 0.5) is 0 Å². The molecule has 0 aliphatic rings. The van der Waals surface area contributed by atoms with Crippen LogP contribution in [0.15, 0.2) is 18.2 Å². The van der Waals surface area contributed by atoms with Gasteiger partial charge in [0.05, 0.1) is 5.02 Å². The minimum absolute atomic E-state index is 0.297. The molecule has 14 heavy (non-hydrogen) atoms. The van der Waals surface area contributed by atoms with Crippen LogP contribution in [0.1, 0.15) is 6.92 Å². The highest BCUT2D eigenvalue weighted by atomic mass is 35.5. The number of ether oxygens (including phenoxy) is 1. The number of carbonyl (C=O) groups is 1. The fourth-order valence-corrected chi connectivity index (χ4v) is 1.26. The molecule has 0 radical (unpaired) electrons. The van der Waals surface area contributed by atoms with E-state index in [1.54, 1.807) is 6.07 Å². The topological polar surface area (TPSA) is 46.5 Å². The first-order valence-electron chi connectivity index (χ1n) is 3.85. The van der Waals surface area contributed by atoms with Crippen molar-refractivity contribution in [2.24, 2.45) is 0 Å². The quantitative estimate of drug-likeness (QED) is 0.876. The van der Waals surface area contributed by atoms with Gasteiger partial charge in [-0.2, -0.15) is 0 Å². The fourth-order valence-electron chi connectivity index (χ4n) is 0.812. The zero-order chi connectivity index (χ0) is 10.7. The lowest BCUT2D eigenvalue weighted by Crippen LogP contribution is -2.22. The maximum absolute atomic E-state index is 10.5. The van der Waals surface area contributed by atoms with Crippen molar-refractivity contribution in [3.8, 4) is 5.75 Å². The van der Waals surface area contributed by atoms with Crippen molar-refractivity contribution in [1.82, 2.24) is 0 Å². The summed E-state index contributed by atoms with van der Waals surface area (Å²) in [6, 6.07) is 4.61. The third-order valence-corrected chi connectivity index (χ3v) is 2.08. The van der Waals surface area contributed by atoms with Crippen molar-refractivity contribution >= 4 is 29.2 Å². The molecule has 0 aliphatic heterocycles. The summed E-state index contributed by atoms with van der Waals surface area (Å²) >= 11 is 11.4. The summed E-state index contributed by atoms with van der Waals surface area (Å²) in [5.74, 6) is -0.734. The lowest BCUT2D eigenvalue weighted by Gasteiger charge is -2.11. The normalized spacial score (nSPS) is 12.2. The Morgan fingerprint density at radius 3 is 2.64 bits per heavy atom. The van der Waals surface area contributed by atoms with Crippen molar-refractivity contribution in [1.29, 1.82) is 0 Å². The van der Waals surface area contributed by atoms with Gasteiger partial charge in [-0.05, 0) is 25.1 Å². The summed E-state index contributed by atoms with van der Waals surface area (Å²) in [5, 5.41) is 9.37. The van der Waals surface area contributed by atoms with Crippen LogP contribution in [0.25, 0.3) is 0 Å². The van der Waals surface area contributed by atoms with E-state index in [1.807, 2.05) is 0 Å². The highest BCUT2D eigenvalue weighted by Crippen LogP contribution is 2.28. The third-order valence-electron chi connectivity index (χ3n) is 1.55. The van der Waals surface area contributed by atoms with Crippen LogP contribution in [0.3, 0.4) is 0 Å². The molecule has 0 fully saturated rings. The minimum Gasteiger partial charge on any atom is -0.479 e. The Labute approximate surface area is 91.2 Å². The molecule has 1 N–H and O–H groups in total.